The molecule has 0 saturated heterocycles. The molecule has 2 nitrogen and oxygen atoms in total. The van der Waals surface area contributed by atoms with Gasteiger partial charge in [-0.25, -0.2) is 0 Å². The monoisotopic (exact) mass is 199 g/mol. The van der Waals surface area contributed by atoms with E-state index in [1.165, 1.54) is 9.75 Å². The van der Waals surface area contributed by atoms with Crippen molar-refractivity contribution in [1.29, 1.82) is 0 Å². The summed E-state index contributed by atoms with van der Waals surface area (Å²) in [7, 11) is 0. The first-order valence-electron chi connectivity index (χ1n) is 4.64. The summed E-state index contributed by atoms with van der Waals surface area (Å²) in [5.41, 5.74) is 0. The van der Waals surface area contributed by atoms with Crippen molar-refractivity contribution in [2.75, 3.05) is 19.7 Å². The molecule has 0 radical (unpaired) electrons. The Hall–Kier alpha value is -0.380. The second-order valence-electron chi connectivity index (χ2n) is 3.10. The molecule has 0 bridgehead atoms. The highest BCUT2D eigenvalue weighted by Crippen LogP contribution is 2.16. The molecule has 0 aromatic carbocycles. The lowest BCUT2D eigenvalue weighted by atomic mass is 10.4. The van der Waals surface area contributed by atoms with E-state index in [0.717, 1.165) is 19.6 Å². The maximum absolute atomic E-state index is 8.81. The van der Waals surface area contributed by atoms with Gasteiger partial charge in [0.05, 0.1) is 6.61 Å². The standard InChI is InChI=1S/C10H17NOS/c1-3-11(6-7-12)8-10-5-4-9(2)13-10/h4-5,12H,3,6-8H2,1-2H3. The van der Waals surface area contributed by atoms with Gasteiger partial charge in [-0.3, -0.25) is 4.90 Å². The molecule has 0 atom stereocenters. The molecule has 0 fully saturated rings. The van der Waals surface area contributed by atoms with E-state index >= 15 is 0 Å². The van der Waals surface area contributed by atoms with Gasteiger partial charge in [-0.15, -0.1) is 11.3 Å². The number of aryl methyl sites for hydroxylation is 1. The second-order valence-corrected chi connectivity index (χ2v) is 4.48. The topological polar surface area (TPSA) is 23.5 Å². The van der Waals surface area contributed by atoms with Crippen molar-refractivity contribution in [3.63, 3.8) is 0 Å². The van der Waals surface area contributed by atoms with E-state index in [0.29, 0.717) is 0 Å². The molecular formula is C10H17NOS. The maximum Gasteiger partial charge on any atom is 0.0558 e. The summed E-state index contributed by atoms with van der Waals surface area (Å²) in [6.45, 7) is 7.23. The molecule has 0 aliphatic rings. The van der Waals surface area contributed by atoms with Crippen LogP contribution in [0.25, 0.3) is 0 Å². The second kappa shape index (κ2) is 5.37. The summed E-state index contributed by atoms with van der Waals surface area (Å²) in [6.07, 6.45) is 0. The zero-order valence-corrected chi connectivity index (χ0v) is 9.10. The van der Waals surface area contributed by atoms with Gasteiger partial charge in [0.2, 0.25) is 0 Å². The predicted molar refractivity (Wildman–Crippen MR) is 57.1 cm³/mol. The van der Waals surface area contributed by atoms with Gasteiger partial charge in [-0.05, 0) is 25.6 Å². The fraction of sp³-hybridized carbons (Fsp3) is 0.600. The van der Waals surface area contributed by atoms with Gasteiger partial charge >= 0.3 is 0 Å². The van der Waals surface area contributed by atoms with Crippen LogP contribution in [0.3, 0.4) is 0 Å². The Balaban J connectivity index is 2.46. The van der Waals surface area contributed by atoms with Gasteiger partial charge in [0.1, 0.15) is 0 Å². The fourth-order valence-corrected chi connectivity index (χ4v) is 2.21. The number of hydrogen-bond donors (Lipinski definition) is 1. The summed E-state index contributed by atoms with van der Waals surface area (Å²) in [5.74, 6) is 0. The summed E-state index contributed by atoms with van der Waals surface area (Å²) in [4.78, 5) is 4.98. The highest BCUT2D eigenvalue weighted by atomic mass is 32.1. The van der Waals surface area contributed by atoms with Crippen LogP contribution in [0.5, 0.6) is 0 Å². The van der Waals surface area contributed by atoms with Crippen LogP contribution in [-0.4, -0.2) is 29.7 Å². The Bertz CT molecular complexity index is 247. The van der Waals surface area contributed by atoms with Crippen LogP contribution in [-0.2, 0) is 6.54 Å². The van der Waals surface area contributed by atoms with Crippen molar-refractivity contribution in [3.05, 3.63) is 21.9 Å². The largest absolute Gasteiger partial charge is 0.395 e. The van der Waals surface area contributed by atoms with Crippen LogP contribution in [0.2, 0.25) is 0 Å². The predicted octanol–water partition coefficient (Wildman–Crippen LogP) is 1.87. The number of rotatable bonds is 5. The van der Waals surface area contributed by atoms with E-state index in [1.807, 2.05) is 11.3 Å². The minimum absolute atomic E-state index is 0.248. The molecule has 13 heavy (non-hydrogen) atoms. The normalized spacial score (nSPS) is 11.1. The summed E-state index contributed by atoms with van der Waals surface area (Å²) >= 11 is 1.83. The number of nitrogens with zero attached hydrogens (tertiary/aromatic N) is 1. The lowest BCUT2D eigenvalue weighted by Crippen LogP contribution is -2.25. The molecule has 0 spiro atoms. The first kappa shape index (κ1) is 10.7. The van der Waals surface area contributed by atoms with Crippen LogP contribution < -0.4 is 0 Å². The fourth-order valence-electron chi connectivity index (χ4n) is 1.28. The number of aliphatic hydroxyl groups is 1. The smallest absolute Gasteiger partial charge is 0.0558 e. The van der Waals surface area contributed by atoms with Crippen molar-refractivity contribution in [2.45, 2.75) is 20.4 Å². The molecule has 0 unspecified atom stereocenters. The van der Waals surface area contributed by atoms with Crippen LogP contribution in [0.4, 0.5) is 0 Å². The van der Waals surface area contributed by atoms with Crippen molar-refractivity contribution in [3.8, 4) is 0 Å². The average molecular weight is 199 g/mol. The van der Waals surface area contributed by atoms with Crippen LogP contribution >= 0.6 is 11.3 Å². The minimum Gasteiger partial charge on any atom is -0.395 e. The maximum atomic E-state index is 8.81. The Morgan fingerprint density at radius 1 is 1.46 bits per heavy atom. The molecule has 0 aliphatic heterocycles. The zero-order valence-electron chi connectivity index (χ0n) is 8.29. The average Bonchev–Trinajstić information content (AvgIpc) is 2.50. The molecule has 1 aromatic rings. The van der Waals surface area contributed by atoms with Crippen molar-refractivity contribution in [1.82, 2.24) is 4.90 Å². The third-order valence-electron chi connectivity index (χ3n) is 2.04. The van der Waals surface area contributed by atoms with E-state index in [9.17, 15) is 0 Å². The first-order valence-corrected chi connectivity index (χ1v) is 5.46. The highest BCUT2D eigenvalue weighted by molar-refractivity contribution is 7.11. The number of aliphatic hydroxyl groups excluding tert-OH is 1. The summed E-state index contributed by atoms with van der Waals surface area (Å²) < 4.78 is 0. The van der Waals surface area contributed by atoms with Gasteiger partial charge < -0.3 is 5.11 Å². The Kier molecular flexibility index (Phi) is 4.42. The highest BCUT2D eigenvalue weighted by Gasteiger charge is 2.03. The van der Waals surface area contributed by atoms with Crippen LogP contribution in [0, 0.1) is 6.92 Å². The summed E-state index contributed by atoms with van der Waals surface area (Å²) in [6, 6.07) is 4.31. The number of thiophene rings is 1. The van der Waals surface area contributed by atoms with Crippen molar-refractivity contribution >= 4 is 11.3 Å². The van der Waals surface area contributed by atoms with E-state index in [1.54, 1.807) is 0 Å². The van der Waals surface area contributed by atoms with Gasteiger partial charge in [0.25, 0.3) is 0 Å². The number of hydrogen-bond acceptors (Lipinski definition) is 3. The molecular weight excluding hydrogens is 182 g/mol. The Labute approximate surface area is 83.8 Å². The minimum atomic E-state index is 0.248. The molecule has 3 heteroatoms. The molecule has 1 aromatic heterocycles. The van der Waals surface area contributed by atoms with E-state index < -0.39 is 0 Å². The van der Waals surface area contributed by atoms with Crippen molar-refractivity contribution in [2.24, 2.45) is 0 Å². The molecule has 0 aliphatic carbocycles. The summed E-state index contributed by atoms with van der Waals surface area (Å²) in [5, 5.41) is 8.81. The number of likely N-dealkylation sites (N-methyl/N-ethyl adjacent to an activating group) is 1. The van der Waals surface area contributed by atoms with Gasteiger partial charge in [-0.2, -0.15) is 0 Å². The van der Waals surface area contributed by atoms with E-state index in [4.69, 9.17) is 5.11 Å². The molecule has 0 saturated carbocycles. The lowest BCUT2D eigenvalue weighted by molar-refractivity contribution is 0.198. The Morgan fingerprint density at radius 3 is 2.69 bits per heavy atom. The van der Waals surface area contributed by atoms with Gasteiger partial charge in [-0.1, -0.05) is 6.92 Å². The third-order valence-corrected chi connectivity index (χ3v) is 3.02. The first-order chi connectivity index (χ1) is 6.26. The molecule has 74 valence electrons. The lowest BCUT2D eigenvalue weighted by Gasteiger charge is -2.17. The third kappa shape index (κ3) is 3.46. The molecule has 1 rings (SSSR count). The molecule has 0 amide bonds. The Morgan fingerprint density at radius 2 is 2.23 bits per heavy atom. The van der Waals surface area contributed by atoms with Gasteiger partial charge in [0, 0.05) is 22.8 Å². The SMILES string of the molecule is CCN(CCO)Cc1ccc(C)s1. The zero-order chi connectivity index (χ0) is 9.68. The molecule has 1 N–H and O–H groups in total. The van der Waals surface area contributed by atoms with Crippen LogP contribution in [0.1, 0.15) is 16.7 Å². The quantitative estimate of drug-likeness (QED) is 0.782. The molecule has 1 heterocycles. The van der Waals surface area contributed by atoms with Crippen LogP contribution in [0.15, 0.2) is 12.1 Å². The van der Waals surface area contributed by atoms with E-state index in [2.05, 4.69) is 30.9 Å². The van der Waals surface area contributed by atoms with E-state index in [-0.39, 0.29) is 6.61 Å². The van der Waals surface area contributed by atoms with Gasteiger partial charge in [0.15, 0.2) is 0 Å². The van der Waals surface area contributed by atoms with Crippen molar-refractivity contribution < 1.29 is 5.11 Å².